The normalized spacial score (nSPS) is 13.0. The molecule has 0 fully saturated rings. The predicted molar refractivity (Wildman–Crippen MR) is 106 cm³/mol. The highest BCUT2D eigenvalue weighted by Gasteiger charge is 2.26. The summed E-state index contributed by atoms with van der Waals surface area (Å²) >= 11 is 1.14. The first-order chi connectivity index (χ1) is 12.9. The van der Waals surface area contributed by atoms with Crippen molar-refractivity contribution in [2.24, 2.45) is 0 Å². The van der Waals surface area contributed by atoms with Gasteiger partial charge < -0.3 is 4.52 Å². The number of nitrogens with zero attached hydrogens (tertiary/aromatic N) is 1. The molecule has 0 saturated carbocycles. The molecule has 2 aromatic rings. The first-order valence-corrected chi connectivity index (χ1v) is 11.5. The second-order valence-electron chi connectivity index (χ2n) is 5.45. The fourth-order valence-electron chi connectivity index (χ4n) is 2.15. The van der Waals surface area contributed by atoms with Crippen LogP contribution in [0.5, 0.6) is 5.75 Å². The van der Waals surface area contributed by atoms with Crippen LogP contribution in [0.4, 0.5) is 5.69 Å². The van der Waals surface area contributed by atoms with Crippen LogP contribution in [0.1, 0.15) is 36.2 Å². The van der Waals surface area contributed by atoms with Gasteiger partial charge in [0.15, 0.2) is 5.78 Å². The van der Waals surface area contributed by atoms with Crippen molar-refractivity contribution in [2.45, 2.75) is 20.3 Å². The molecule has 0 radical (unpaired) electrons. The van der Waals surface area contributed by atoms with E-state index in [9.17, 15) is 19.5 Å². The smallest absolute Gasteiger partial charge is 0.417 e. The van der Waals surface area contributed by atoms with Crippen LogP contribution in [0.25, 0.3) is 0 Å². The van der Waals surface area contributed by atoms with Gasteiger partial charge in [-0.25, -0.2) is 4.57 Å². The summed E-state index contributed by atoms with van der Waals surface area (Å²) in [7, 11) is 0. The molecule has 144 valence electrons. The molecular weight excluding hydrogens is 389 g/mol. The third-order valence-electron chi connectivity index (χ3n) is 3.41. The van der Waals surface area contributed by atoms with Gasteiger partial charge in [-0.15, -0.1) is 0 Å². The number of nitro groups is 1. The molecule has 0 amide bonds. The van der Waals surface area contributed by atoms with Crippen LogP contribution in [0.15, 0.2) is 48.5 Å². The van der Waals surface area contributed by atoms with E-state index in [0.29, 0.717) is 22.6 Å². The first-order valence-electron chi connectivity index (χ1n) is 8.36. The number of non-ortho nitro benzene ring substituents is 1. The van der Waals surface area contributed by atoms with Crippen molar-refractivity contribution in [3.63, 3.8) is 0 Å². The van der Waals surface area contributed by atoms with Crippen LogP contribution >= 0.6 is 18.2 Å². The Morgan fingerprint density at radius 2 is 1.63 bits per heavy atom. The highest BCUT2D eigenvalue weighted by molar-refractivity contribution is 8.55. The molecule has 0 aliphatic rings. The molecule has 0 aromatic heterocycles. The summed E-state index contributed by atoms with van der Waals surface area (Å²) < 4.78 is 23.5. The zero-order chi connectivity index (χ0) is 19.9. The van der Waals surface area contributed by atoms with Gasteiger partial charge in [0.1, 0.15) is 5.75 Å². The van der Waals surface area contributed by atoms with Gasteiger partial charge in [-0.2, -0.15) is 0 Å². The third-order valence-corrected chi connectivity index (χ3v) is 7.37. The van der Waals surface area contributed by atoms with Gasteiger partial charge in [0.05, 0.1) is 11.5 Å². The molecule has 0 aliphatic heterocycles. The predicted octanol–water partition coefficient (Wildman–Crippen LogP) is 5.49. The van der Waals surface area contributed by atoms with Crippen LogP contribution in [0.3, 0.4) is 0 Å². The lowest BCUT2D eigenvalue weighted by Crippen LogP contribution is -2.02. The van der Waals surface area contributed by atoms with Crippen molar-refractivity contribution in [1.29, 1.82) is 0 Å². The van der Waals surface area contributed by atoms with Crippen molar-refractivity contribution in [2.75, 3.05) is 12.4 Å². The zero-order valence-electron chi connectivity index (χ0n) is 15.0. The standard InChI is InChI=1S/C18H20NO6PS/c1-3-13-27-26(23,24-4-2)25-17-11-7-15(8-12-17)18(20)14-5-9-16(10-6-14)19(21)22/h5-12H,3-4,13H2,1-2H3. The number of nitro benzene ring substituents is 1. The van der Waals surface area contributed by atoms with E-state index < -0.39 is 11.7 Å². The molecule has 9 heteroatoms. The number of hydrogen-bond donors (Lipinski definition) is 0. The number of ketones is 1. The van der Waals surface area contributed by atoms with E-state index in [2.05, 4.69) is 0 Å². The summed E-state index contributed by atoms with van der Waals surface area (Å²) in [6.45, 7) is 0.685. The summed E-state index contributed by atoms with van der Waals surface area (Å²) in [5.74, 6) is 0.717. The van der Waals surface area contributed by atoms with E-state index in [1.165, 1.54) is 24.3 Å². The van der Waals surface area contributed by atoms with Crippen LogP contribution < -0.4 is 4.52 Å². The monoisotopic (exact) mass is 409 g/mol. The fraction of sp³-hybridized carbons (Fsp3) is 0.278. The highest BCUT2D eigenvalue weighted by atomic mass is 32.7. The molecule has 1 unspecified atom stereocenters. The van der Waals surface area contributed by atoms with Gasteiger partial charge in [-0.3, -0.25) is 19.4 Å². The SMILES string of the molecule is CCCSP(=O)(OCC)Oc1ccc(C(=O)c2ccc([N+](=O)[O-])cc2)cc1. The van der Waals surface area contributed by atoms with Crippen LogP contribution in [0, 0.1) is 10.1 Å². The number of benzene rings is 2. The van der Waals surface area contributed by atoms with E-state index in [1.807, 2.05) is 6.92 Å². The van der Waals surface area contributed by atoms with E-state index in [1.54, 1.807) is 31.2 Å². The van der Waals surface area contributed by atoms with Crippen molar-refractivity contribution in [3.8, 4) is 5.75 Å². The Hall–Kier alpha value is -2.15. The molecule has 7 nitrogen and oxygen atoms in total. The number of rotatable bonds is 10. The minimum absolute atomic E-state index is 0.0773. The minimum atomic E-state index is -3.30. The van der Waals surface area contributed by atoms with Gasteiger partial charge in [0, 0.05) is 29.0 Å². The van der Waals surface area contributed by atoms with E-state index in [4.69, 9.17) is 9.05 Å². The number of carbonyl (C=O) groups excluding carboxylic acids is 1. The molecule has 27 heavy (non-hydrogen) atoms. The second-order valence-corrected chi connectivity index (χ2v) is 9.56. The minimum Gasteiger partial charge on any atom is -0.417 e. The Bertz CT molecular complexity index is 838. The lowest BCUT2D eigenvalue weighted by Gasteiger charge is -2.17. The second kappa shape index (κ2) is 9.69. The first kappa shape index (κ1) is 21.2. The van der Waals surface area contributed by atoms with Gasteiger partial charge in [-0.05, 0) is 61.1 Å². The molecular formula is C18H20NO6PS. The van der Waals surface area contributed by atoms with Crippen molar-refractivity contribution < 1.29 is 23.3 Å². The molecule has 0 N–H and O–H groups in total. The Kier molecular flexibility index (Phi) is 7.59. The lowest BCUT2D eigenvalue weighted by atomic mass is 10.0. The maximum atomic E-state index is 12.7. The average molecular weight is 409 g/mol. The molecule has 0 saturated heterocycles. The van der Waals surface area contributed by atoms with E-state index in [-0.39, 0.29) is 18.1 Å². The molecule has 0 heterocycles. The Morgan fingerprint density at radius 1 is 1.07 bits per heavy atom. The van der Waals surface area contributed by atoms with Gasteiger partial charge in [0.2, 0.25) is 0 Å². The summed E-state index contributed by atoms with van der Waals surface area (Å²) in [5.41, 5.74) is 0.656. The molecule has 0 spiro atoms. The van der Waals surface area contributed by atoms with Crippen LogP contribution in [0.2, 0.25) is 0 Å². The molecule has 1 atom stereocenters. The van der Waals surface area contributed by atoms with Crippen LogP contribution in [-0.2, 0) is 9.09 Å². The van der Waals surface area contributed by atoms with Crippen molar-refractivity contribution in [1.82, 2.24) is 0 Å². The zero-order valence-corrected chi connectivity index (χ0v) is 16.7. The number of hydrogen-bond acceptors (Lipinski definition) is 7. The Morgan fingerprint density at radius 3 is 2.11 bits per heavy atom. The number of carbonyl (C=O) groups is 1. The lowest BCUT2D eigenvalue weighted by molar-refractivity contribution is -0.384. The quantitative estimate of drug-likeness (QED) is 0.221. The molecule has 2 rings (SSSR count). The third kappa shape index (κ3) is 5.92. The Balaban J connectivity index is 2.12. The van der Waals surface area contributed by atoms with E-state index >= 15 is 0 Å². The summed E-state index contributed by atoms with van der Waals surface area (Å²) in [5, 5.41) is 10.7. The molecule has 0 aliphatic carbocycles. The maximum absolute atomic E-state index is 12.7. The topological polar surface area (TPSA) is 95.7 Å². The van der Waals surface area contributed by atoms with Gasteiger partial charge >= 0.3 is 6.80 Å². The average Bonchev–Trinajstić information content (AvgIpc) is 2.67. The van der Waals surface area contributed by atoms with Crippen LogP contribution in [-0.4, -0.2) is 23.1 Å². The van der Waals surface area contributed by atoms with Crippen molar-refractivity contribution in [3.05, 3.63) is 69.8 Å². The largest absolute Gasteiger partial charge is 0.440 e. The molecule has 0 bridgehead atoms. The van der Waals surface area contributed by atoms with Gasteiger partial charge in [0.25, 0.3) is 5.69 Å². The van der Waals surface area contributed by atoms with E-state index in [0.717, 1.165) is 17.8 Å². The summed E-state index contributed by atoms with van der Waals surface area (Å²) in [6, 6.07) is 11.6. The summed E-state index contributed by atoms with van der Waals surface area (Å²) in [4.78, 5) is 22.6. The highest BCUT2D eigenvalue weighted by Crippen LogP contribution is 2.60. The summed E-state index contributed by atoms with van der Waals surface area (Å²) in [6.07, 6.45) is 0.841. The Labute approximate surface area is 161 Å². The molecule has 2 aromatic carbocycles. The van der Waals surface area contributed by atoms with Gasteiger partial charge in [-0.1, -0.05) is 6.92 Å². The fourth-order valence-corrected chi connectivity index (χ4v) is 5.61. The maximum Gasteiger partial charge on any atom is 0.440 e. The van der Waals surface area contributed by atoms with Crippen molar-refractivity contribution >= 4 is 29.6 Å².